The van der Waals surface area contributed by atoms with Crippen molar-refractivity contribution in [3.63, 3.8) is 0 Å². The SMILES string of the molecule is Bc1c(B)c(B)c(-c2c(B)c(-c3nc(-c4ccc(-c5ccccc5)cc4)nc(-c4ccc(-c5ccccc5)cc4)n3)c3sc4c(B)c(B)c(B)c(B)c4c3c2B)c(B)c1B. The molecule has 0 aliphatic rings. The summed E-state index contributed by atoms with van der Waals surface area (Å²) in [5, 5.41) is 2.67. The normalized spacial score (nSPS) is 11.4. The molecule has 0 saturated carbocycles. The number of thiophene rings is 1. The molecule has 9 aromatic rings. The van der Waals surface area contributed by atoms with Crippen LogP contribution in [0.4, 0.5) is 0 Å². The van der Waals surface area contributed by atoms with Gasteiger partial charge in [-0.05, 0) is 44.2 Å². The van der Waals surface area contributed by atoms with Crippen LogP contribution < -0.4 is 60.1 Å². The maximum atomic E-state index is 5.47. The first-order chi connectivity index (χ1) is 28.8. The van der Waals surface area contributed by atoms with E-state index in [2.05, 4.69) is 196 Å². The number of hydrogen-bond acceptors (Lipinski definition) is 4. The molecule has 3 nitrogen and oxygen atoms in total. The summed E-state index contributed by atoms with van der Waals surface area (Å²) in [7, 11) is 25.2. The number of fused-ring (bicyclic) bond motifs is 3. The molecule has 274 valence electrons. The molecule has 7 aromatic carbocycles. The summed E-state index contributed by atoms with van der Waals surface area (Å²) >= 11 is 1.90. The van der Waals surface area contributed by atoms with Crippen LogP contribution in [0.1, 0.15) is 0 Å². The Morgan fingerprint density at radius 3 is 1.10 bits per heavy atom. The van der Waals surface area contributed by atoms with E-state index in [0.29, 0.717) is 17.5 Å². The van der Waals surface area contributed by atoms with Gasteiger partial charge in [-0.3, -0.25) is 0 Å². The van der Waals surface area contributed by atoms with Crippen molar-refractivity contribution in [3.05, 3.63) is 109 Å². The molecule has 0 fully saturated rings. The topological polar surface area (TPSA) is 38.7 Å². The first-order valence-electron chi connectivity index (χ1n) is 21.0. The van der Waals surface area contributed by atoms with Crippen LogP contribution in [0.25, 0.3) is 87.7 Å². The molecule has 0 aliphatic heterocycles. The van der Waals surface area contributed by atoms with Gasteiger partial charge in [-0.15, -0.1) is 38.7 Å². The molecule has 9 rings (SSSR count). The minimum atomic E-state index is 0.658. The molecule has 0 bridgehead atoms. The minimum Gasteiger partial charge on any atom is -0.208 e. The zero-order valence-electron chi connectivity index (χ0n) is 36.6. The lowest BCUT2D eigenvalue weighted by Gasteiger charge is -2.25. The Kier molecular flexibility index (Phi) is 10.3. The number of aromatic nitrogens is 3. The van der Waals surface area contributed by atoms with Gasteiger partial charge in [0.05, 0.1) is 0 Å². The highest BCUT2D eigenvalue weighted by molar-refractivity contribution is 7.28. The van der Waals surface area contributed by atoms with Gasteiger partial charge in [0.1, 0.15) is 86.3 Å². The highest BCUT2D eigenvalue weighted by Gasteiger charge is 2.27. The Bertz CT molecular complexity index is 3060. The second-order valence-corrected chi connectivity index (χ2v) is 17.7. The van der Waals surface area contributed by atoms with Crippen molar-refractivity contribution in [2.24, 2.45) is 0 Å². The van der Waals surface area contributed by atoms with Crippen LogP contribution in [-0.4, -0.2) is 101 Å². The fourth-order valence-electron chi connectivity index (χ4n) is 9.36. The number of nitrogens with zero attached hydrogens (tertiary/aromatic N) is 3. The van der Waals surface area contributed by atoms with Crippen molar-refractivity contribution in [2.45, 2.75) is 0 Å². The molecule has 0 amide bonds. The average Bonchev–Trinajstić information content (AvgIpc) is 3.69. The Labute approximate surface area is 367 Å². The molecular weight excluding hydrogens is 734 g/mol. The van der Waals surface area contributed by atoms with Crippen LogP contribution in [0.15, 0.2) is 109 Å². The fourth-order valence-corrected chi connectivity index (χ4v) is 10.9. The van der Waals surface area contributed by atoms with E-state index in [-0.39, 0.29) is 0 Å². The highest BCUT2D eigenvalue weighted by Crippen LogP contribution is 2.38. The lowest BCUT2D eigenvalue weighted by molar-refractivity contribution is 1.08. The zero-order chi connectivity index (χ0) is 42.1. The van der Waals surface area contributed by atoms with E-state index in [1.54, 1.807) is 0 Å². The van der Waals surface area contributed by atoms with Crippen LogP contribution in [0, 0.1) is 0 Å². The van der Waals surface area contributed by atoms with Crippen molar-refractivity contribution in [2.75, 3.05) is 0 Å². The van der Waals surface area contributed by atoms with E-state index < -0.39 is 0 Å². The highest BCUT2D eigenvalue weighted by atomic mass is 32.1. The quantitative estimate of drug-likeness (QED) is 0.158. The third kappa shape index (κ3) is 6.48. The van der Waals surface area contributed by atoms with Crippen molar-refractivity contribution in [1.29, 1.82) is 0 Å². The van der Waals surface area contributed by atoms with Crippen LogP contribution in [0.2, 0.25) is 0 Å². The molecule has 0 N–H and O–H groups in total. The van der Waals surface area contributed by atoms with E-state index in [9.17, 15) is 0 Å². The van der Waals surface area contributed by atoms with Gasteiger partial charge in [0, 0.05) is 26.1 Å². The maximum Gasteiger partial charge on any atom is 0.164 e. The predicted molar refractivity (Wildman–Crippen MR) is 295 cm³/mol. The summed E-state index contributed by atoms with van der Waals surface area (Å²) in [5.41, 5.74) is 25.0. The van der Waals surface area contributed by atoms with Crippen molar-refractivity contribution >= 4 is 178 Å². The first kappa shape index (κ1) is 39.9. The van der Waals surface area contributed by atoms with E-state index >= 15 is 0 Å². The van der Waals surface area contributed by atoms with E-state index in [1.165, 1.54) is 103 Å². The summed E-state index contributed by atoms with van der Waals surface area (Å²) in [6.45, 7) is 0. The monoisotopic (exact) mass is 775 g/mol. The van der Waals surface area contributed by atoms with Gasteiger partial charge >= 0.3 is 0 Å². The average molecular weight is 774 g/mol. The summed E-state index contributed by atoms with van der Waals surface area (Å²) in [5.74, 6) is 2.01. The van der Waals surface area contributed by atoms with Gasteiger partial charge < -0.3 is 0 Å². The zero-order valence-corrected chi connectivity index (χ0v) is 37.5. The van der Waals surface area contributed by atoms with Crippen molar-refractivity contribution in [1.82, 2.24) is 15.0 Å². The fraction of sp³-hybridized carbons (Fsp3) is 0. The number of benzene rings is 7. The standard InChI is InChI=1S/C45H40B11N3S/c46-30-25(26-32(48)35(51)38(54)36(52)33(26)49)31(47)29(41-27(30)28-34(50)37(53)39(55)40(56)42(28)60-41)45-58-43(23-15-11-21(12-16-23)19-7-3-1-4-8-19)57-44(59-45)24-17-13-22(14-18-24)20-9-5-2-6-10-20/h1-18H,46-56H2. The Hall–Kier alpha value is -5.52. The molecule has 0 atom stereocenters. The third-order valence-corrected chi connectivity index (χ3v) is 15.0. The summed E-state index contributed by atoms with van der Waals surface area (Å²) in [6.07, 6.45) is 0. The molecule has 0 aliphatic carbocycles. The lowest BCUT2D eigenvalue weighted by Crippen LogP contribution is -2.56. The molecule has 2 heterocycles. The van der Waals surface area contributed by atoms with Crippen LogP contribution in [0.5, 0.6) is 0 Å². The van der Waals surface area contributed by atoms with E-state index in [1.807, 2.05) is 11.3 Å². The van der Waals surface area contributed by atoms with Crippen molar-refractivity contribution in [3.8, 4) is 67.5 Å². The second-order valence-electron chi connectivity index (χ2n) is 16.7. The first-order valence-corrected chi connectivity index (χ1v) is 21.8. The van der Waals surface area contributed by atoms with Gasteiger partial charge in [-0.2, -0.15) is 0 Å². The van der Waals surface area contributed by atoms with Crippen LogP contribution >= 0.6 is 11.3 Å². The van der Waals surface area contributed by atoms with E-state index in [0.717, 1.165) is 27.8 Å². The second kappa shape index (κ2) is 15.5. The molecule has 0 spiro atoms. The van der Waals surface area contributed by atoms with E-state index in [4.69, 9.17) is 15.0 Å². The van der Waals surface area contributed by atoms with Crippen molar-refractivity contribution < 1.29 is 0 Å². The van der Waals surface area contributed by atoms with Gasteiger partial charge in [0.25, 0.3) is 0 Å². The molecule has 0 unspecified atom stereocenters. The summed E-state index contributed by atoms with van der Waals surface area (Å²) in [6, 6.07) is 38.3. The van der Waals surface area contributed by atoms with Gasteiger partial charge in [0.15, 0.2) is 17.5 Å². The maximum absolute atomic E-state index is 5.47. The smallest absolute Gasteiger partial charge is 0.164 e. The minimum absolute atomic E-state index is 0.658. The number of rotatable bonds is 6. The number of hydrogen-bond donors (Lipinski definition) is 0. The molecule has 2 aromatic heterocycles. The molecule has 0 radical (unpaired) electrons. The largest absolute Gasteiger partial charge is 0.208 e. The Balaban J connectivity index is 1.37. The van der Waals surface area contributed by atoms with Gasteiger partial charge in [-0.25, -0.2) is 15.0 Å². The van der Waals surface area contributed by atoms with Gasteiger partial charge in [-0.1, -0.05) is 142 Å². The summed E-state index contributed by atoms with van der Waals surface area (Å²) in [4.78, 5) is 16.2. The molecule has 15 heteroatoms. The predicted octanol–water partition coefficient (Wildman–Crippen LogP) is -6.92. The van der Waals surface area contributed by atoms with Crippen LogP contribution in [-0.2, 0) is 0 Å². The third-order valence-electron chi connectivity index (χ3n) is 13.6. The summed E-state index contributed by atoms with van der Waals surface area (Å²) < 4.78 is 2.58. The van der Waals surface area contributed by atoms with Crippen LogP contribution in [0.3, 0.4) is 0 Å². The lowest BCUT2D eigenvalue weighted by atomic mass is 9.58. The molecular formula is C45H40B11N3S. The Morgan fingerprint density at radius 1 is 0.267 bits per heavy atom. The molecule has 0 saturated heterocycles. The van der Waals surface area contributed by atoms with Gasteiger partial charge in [0.2, 0.25) is 0 Å². The molecule has 60 heavy (non-hydrogen) atoms. The Morgan fingerprint density at radius 2 is 0.617 bits per heavy atom.